The Morgan fingerprint density at radius 3 is 2.28 bits per heavy atom. The molecule has 4 fully saturated rings. The Kier molecular flexibility index (Phi) is 9.64. The average Bonchev–Trinajstić information content (AvgIpc) is 2.98. The zero-order chi connectivity index (χ0) is 30.8. The zero-order valence-corrected chi connectivity index (χ0v) is 27.1. The molecule has 4 aliphatic heterocycles. The standard InChI is InChI=1S/C33H52N6O4/c1-6-7-10-28-22-38(21-27-9-8-15-37(20-27)26(4)40)31(42)43-33(28)13-18-39(19-14-33)32(5)11-16-36(17-12-32)30(41)29-24(2)34-23-35-25(29)3/h23,27-28H,6-22H2,1-5H3. The first-order valence-corrected chi connectivity index (χ1v) is 16.6. The molecule has 10 nitrogen and oxygen atoms in total. The molecule has 0 N–H and O–H groups in total. The summed E-state index contributed by atoms with van der Waals surface area (Å²) in [6, 6.07) is 0. The fraction of sp³-hybridized carbons (Fsp3) is 0.788. The molecule has 5 rings (SSSR count). The van der Waals surface area contributed by atoms with E-state index < -0.39 is 5.60 Å². The molecule has 0 aliphatic carbocycles. The lowest BCUT2D eigenvalue weighted by atomic mass is 9.74. The predicted molar refractivity (Wildman–Crippen MR) is 165 cm³/mol. The van der Waals surface area contributed by atoms with Gasteiger partial charge >= 0.3 is 6.09 Å². The van der Waals surface area contributed by atoms with Gasteiger partial charge in [-0.05, 0) is 58.8 Å². The third-order valence-corrected chi connectivity index (χ3v) is 11.0. The number of carbonyl (C=O) groups is 3. The lowest BCUT2D eigenvalue weighted by Crippen LogP contribution is -2.64. The van der Waals surface area contributed by atoms with E-state index in [1.54, 1.807) is 6.92 Å². The number of ether oxygens (including phenoxy) is 1. The second-order valence-electron chi connectivity index (χ2n) is 13.8. The first kappa shape index (κ1) is 31.7. The lowest BCUT2D eigenvalue weighted by Gasteiger charge is -2.55. The first-order chi connectivity index (χ1) is 20.5. The molecule has 1 spiro atoms. The van der Waals surface area contributed by atoms with Gasteiger partial charge in [-0.3, -0.25) is 14.5 Å². The minimum Gasteiger partial charge on any atom is -0.442 e. The van der Waals surface area contributed by atoms with Gasteiger partial charge < -0.3 is 19.4 Å². The quantitative estimate of drug-likeness (QED) is 0.459. The van der Waals surface area contributed by atoms with E-state index in [2.05, 4.69) is 28.7 Å². The van der Waals surface area contributed by atoms with Gasteiger partial charge in [0.1, 0.15) is 11.9 Å². The molecule has 1 aromatic heterocycles. The van der Waals surface area contributed by atoms with E-state index in [9.17, 15) is 14.4 Å². The van der Waals surface area contributed by atoms with Crippen molar-refractivity contribution in [2.75, 3.05) is 52.4 Å². The second kappa shape index (κ2) is 13.1. The Hall–Kier alpha value is -2.75. The average molecular weight is 597 g/mol. The number of aryl methyl sites for hydroxylation is 2. The summed E-state index contributed by atoms with van der Waals surface area (Å²) in [4.78, 5) is 55.7. The molecule has 0 bridgehead atoms. The normalized spacial score (nSPS) is 26.0. The monoisotopic (exact) mass is 596 g/mol. The van der Waals surface area contributed by atoms with Crippen molar-refractivity contribution in [1.82, 2.24) is 29.6 Å². The highest BCUT2D eigenvalue weighted by molar-refractivity contribution is 5.96. The van der Waals surface area contributed by atoms with Crippen LogP contribution >= 0.6 is 0 Å². The van der Waals surface area contributed by atoms with Crippen molar-refractivity contribution >= 4 is 17.9 Å². The topological polar surface area (TPSA) is 99.2 Å². The zero-order valence-electron chi connectivity index (χ0n) is 27.1. The van der Waals surface area contributed by atoms with Gasteiger partial charge in [-0.25, -0.2) is 14.8 Å². The van der Waals surface area contributed by atoms with Crippen LogP contribution in [-0.4, -0.2) is 111 Å². The van der Waals surface area contributed by atoms with Crippen LogP contribution in [-0.2, 0) is 9.53 Å². The van der Waals surface area contributed by atoms with E-state index in [1.165, 1.54) is 6.33 Å². The third kappa shape index (κ3) is 6.69. The number of hydrogen-bond donors (Lipinski definition) is 0. The Morgan fingerprint density at radius 2 is 1.65 bits per heavy atom. The first-order valence-electron chi connectivity index (χ1n) is 16.6. The number of unbranched alkanes of at least 4 members (excludes halogenated alkanes) is 1. The number of rotatable bonds is 7. The largest absolute Gasteiger partial charge is 0.442 e. The minimum absolute atomic E-state index is 0.0167. The van der Waals surface area contributed by atoms with E-state index in [1.807, 2.05) is 28.5 Å². The molecule has 0 aromatic carbocycles. The van der Waals surface area contributed by atoms with Crippen LogP contribution in [0, 0.1) is 25.7 Å². The molecule has 43 heavy (non-hydrogen) atoms. The van der Waals surface area contributed by atoms with Gasteiger partial charge in [-0.15, -0.1) is 0 Å². The van der Waals surface area contributed by atoms with E-state index in [0.717, 1.165) is 115 Å². The Labute approximate surface area is 257 Å². The Bertz CT molecular complexity index is 1150. The van der Waals surface area contributed by atoms with Crippen molar-refractivity contribution in [3.05, 3.63) is 23.3 Å². The summed E-state index contributed by atoms with van der Waals surface area (Å²) < 4.78 is 6.46. The molecule has 0 radical (unpaired) electrons. The van der Waals surface area contributed by atoms with Crippen LogP contribution in [0.1, 0.15) is 100 Å². The van der Waals surface area contributed by atoms with Gasteiger partial charge in [0, 0.05) is 83.6 Å². The molecule has 4 saturated heterocycles. The van der Waals surface area contributed by atoms with Gasteiger partial charge in [-0.1, -0.05) is 19.8 Å². The summed E-state index contributed by atoms with van der Waals surface area (Å²) in [5.74, 6) is 0.800. The Balaban J connectivity index is 1.19. The highest BCUT2D eigenvalue weighted by Crippen LogP contribution is 2.43. The summed E-state index contributed by atoms with van der Waals surface area (Å²) in [7, 11) is 0. The molecular weight excluding hydrogens is 544 g/mol. The minimum atomic E-state index is -0.396. The highest BCUT2D eigenvalue weighted by Gasteiger charge is 2.51. The molecule has 10 heteroatoms. The molecule has 3 amide bonds. The van der Waals surface area contributed by atoms with E-state index in [0.29, 0.717) is 23.9 Å². The summed E-state index contributed by atoms with van der Waals surface area (Å²) in [6.07, 6.45) is 10.3. The summed E-state index contributed by atoms with van der Waals surface area (Å²) >= 11 is 0. The maximum atomic E-state index is 13.5. The lowest BCUT2D eigenvalue weighted by molar-refractivity contribution is -0.136. The number of piperidine rings is 3. The van der Waals surface area contributed by atoms with E-state index in [4.69, 9.17) is 4.74 Å². The van der Waals surface area contributed by atoms with Crippen molar-refractivity contribution in [3.8, 4) is 0 Å². The second-order valence-corrected chi connectivity index (χ2v) is 13.8. The molecule has 2 atom stereocenters. The number of aromatic nitrogens is 2. The number of carbonyl (C=O) groups excluding carboxylic acids is 3. The van der Waals surface area contributed by atoms with Crippen molar-refractivity contribution in [3.63, 3.8) is 0 Å². The van der Waals surface area contributed by atoms with Crippen molar-refractivity contribution < 1.29 is 19.1 Å². The number of likely N-dealkylation sites (tertiary alicyclic amines) is 3. The molecule has 238 valence electrons. The maximum absolute atomic E-state index is 13.5. The van der Waals surface area contributed by atoms with Crippen molar-refractivity contribution in [2.24, 2.45) is 11.8 Å². The van der Waals surface area contributed by atoms with Gasteiger partial charge in [0.15, 0.2) is 0 Å². The highest BCUT2D eigenvalue weighted by atomic mass is 16.6. The van der Waals surface area contributed by atoms with Gasteiger partial charge in [0.25, 0.3) is 5.91 Å². The number of hydrogen-bond acceptors (Lipinski definition) is 7. The van der Waals surface area contributed by atoms with Crippen LogP contribution in [0.15, 0.2) is 6.33 Å². The molecule has 1 aromatic rings. The SMILES string of the molecule is CCCCC1CN(CC2CCCN(C(C)=O)C2)C(=O)OC12CCN(C1(C)CCN(C(=O)c3c(C)ncnc3C)CC1)CC2. The predicted octanol–water partition coefficient (Wildman–Crippen LogP) is 4.44. The van der Waals surface area contributed by atoms with Crippen LogP contribution in [0.2, 0.25) is 0 Å². The Morgan fingerprint density at radius 1 is 0.977 bits per heavy atom. The molecule has 2 unspecified atom stereocenters. The van der Waals surface area contributed by atoms with Gasteiger partial charge in [-0.2, -0.15) is 0 Å². The summed E-state index contributed by atoms with van der Waals surface area (Å²) in [5.41, 5.74) is 1.73. The number of nitrogens with zero attached hydrogens (tertiary/aromatic N) is 6. The number of amides is 3. The molecule has 5 heterocycles. The van der Waals surface area contributed by atoms with Crippen molar-refractivity contribution in [1.29, 1.82) is 0 Å². The molecule has 0 saturated carbocycles. The third-order valence-electron chi connectivity index (χ3n) is 11.0. The fourth-order valence-electron chi connectivity index (χ4n) is 8.10. The van der Waals surface area contributed by atoms with Gasteiger partial charge in [0.2, 0.25) is 5.91 Å². The van der Waals surface area contributed by atoms with E-state index >= 15 is 0 Å². The van der Waals surface area contributed by atoms with Crippen LogP contribution in [0.5, 0.6) is 0 Å². The van der Waals surface area contributed by atoms with Crippen LogP contribution in [0.4, 0.5) is 4.79 Å². The van der Waals surface area contributed by atoms with Crippen LogP contribution in [0.3, 0.4) is 0 Å². The summed E-state index contributed by atoms with van der Waals surface area (Å²) in [6.45, 7) is 16.2. The molecular formula is C33H52N6O4. The molecule has 4 aliphatic rings. The summed E-state index contributed by atoms with van der Waals surface area (Å²) in [5, 5.41) is 0. The maximum Gasteiger partial charge on any atom is 0.410 e. The van der Waals surface area contributed by atoms with Crippen LogP contribution in [0.25, 0.3) is 0 Å². The fourth-order valence-corrected chi connectivity index (χ4v) is 8.10. The van der Waals surface area contributed by atoms with E-state index in [-0.39, 0.29) is 23.4 Å². The van der Waals surface area contributed by atoms with Crippen molar-refractivity contribution in [2.45, 2.75) is 104 Å². The van der Waals surface area contributed by atoms with Gasteiger partial charge in [0.05, 0.1) is 17.0 Å². The smallest absolute Gasteiger partial charge is 0.410 e. The van der Waals surface area contributed by atoms with Crippen LogP contribution < -0.4 is 0 Å².